The molecular formula is C15H23F2N. The fraction of sp³-hybridized carbons (Fsp3) is 0.600. The molecule has 0 radical (unpaired) electrons. The van der Waals surface area contributed by atoms with Crippen LogP contribution in [0, 0.1) is 17.0 Å². The van der Waals surface area contributed by atoms with Crippen LogP contribution in [0.2, 0.25) is 0 Å². The third-order valence-electron chi connectivity index (χ3n) is 3.34. The number of nitrogens with one attached hydrogen (secondary N) is 1. The van der Waals surface area contributed by atoms with E-state index in [1.54, 1.807) is 0 Å². The number of benzene rings is 1. The zero-order chi connectivity index (χ0) is 13.8. The Morgan fingerprint density at radius 3 is 2.44 bits per heavy atom. The Hall–Kier alpha value is -0.960. The van der Waals surface area contributed by atoms with E-state index in [1.165, 1.54) is 12.1 Å². The maximum absolute atomic E-state index is 13.4. The van der Waals surface area contributed by atoms with Gasteiger partial charge in [0.05, 0.1) is 0 Å². The quantitative estimate of drug-likeness (QED) is 0.841. The van der Waals surface area contributed by atoms with Gasteiger partial charge in [-0.25, -0.2) is 8.78 Å². The third-order valence-corrected chi connectivity index (χ3v) is 3.34. The van der Waals surface area contributed by atoms with Gasteiger partial charge in [0.2, 0.25) is 0 Å². The Bertz CT molecular complexity index is 383. The van der Waals surface area contributed by atoms with Crippen molar-refractivity contribution in [2.75, 3.05) is 7.05 Å². The molecular weight excluding hydrogens is 232 g/mol. The van der Waals surface area contributed by atoms with Crippen LogP contribution in [-0.4, -0.2) is 13.1 Å². The molecule has 3 heteroatoms. The van der Waals surface area contributed by atoms with Crippen molar-refractivity contribution in [1.82, 2.24) is 5.32 Å². The standard InChI is InChI=1S/C15H23F2N/c1-15(2,3)14(18-4)7-5-6-11-10-12(16)8-9-13(11)17/h8-10,14,18H,5-7H2,1-4H3. The van der Waals surface area contributed by atoms with Gasteiger partial charge in [0.25, 0.3) is 0 Å². The van der Waals surface area contributed by atoms with E-state index in [4.69, 9.17) is 0 Å². The Kier molecular flexibility index (Phi) is 5.27. The second-order valence-corrected chi connectivity index (χ2v) is 5.84. The minimum absolute atomic E-state index is 0.176. The van der Waals surface area contributed by atoms with Crippen molar-refractivity contribution in [3.8, 4) is 0 Å². The lowest BCUT2D eigenvalue weighted by Gasteiger charge is -2.30. The zero-order valence-electron chi connectivity index (χ0n) is 11.7. The first kappa shape index (κ1) is 15.1. The van der Waals surface area contributed by atoms with Crippen LogP contribution in [0.25, 0.3) is 0 Å². The predicted molar refractivity (Wildman–Crippen MR) is 71.6 cm³/mol. The van der Waals surface area contributed by atoms with Crippen LogP contribution in [-0.2, 0) is 6.42 Å². The van der Waals surface area contributed by atoms with E-state index in [0.29, 0.717) is 18.0 Å². The van der Waals surface area contributed by atoms with Gasteiger partial charge in [0, 0.05) is 6.04 Å². The van der Waals surface area contributed by atoms with E-state index in [2.05, 4.69) is 26.1 Å². The van der Waals surface area contributed by atoms with Crippen LogP contribution < -0.4 is 5.32 Å². The third kappa shape index (κ3) is 4.37. The van der Waals surface area contributed by atoms with Crippen molar-refractivity contribution < 1.29 is 8.78 Å². The molecule has 0 saturated heterocycles. The molecule has 1 nitrogen and oxygen atoms in total. The zero-order valence-corrected chi connectivity index (χ0v) is 11.7. The van der Waals surface area contributed by atoms with Gasteiger partial charge >= 0.3 is 0 Å². The summed E-state index contributed by atoms with van der Waals surface area (Å²) >= 11 is 0. The summed E-state index contributed by atoms with van der Waals surface area (Å²) in [5.74, 6) is -0.680. The van der Waals surface area contributed by atoms with E-state index in [9.17, 15) is 8.78 Å². The van der Waals surface area contributed by atoms with E-state index in [-0.39, 0.29) is 17.0 Å². The van der Waals surface area contributed by atoms with Crippen molar-refractivity contribution in [1.29, 1.82) is 0 Å². The monoisotopic (exact) mass is 255 g/mol. The lowest BCUT2D eigenvalue weighted by Crippen LogP contribution is -2.37. The molecule has 1 atom stereocenters. The molecule has 1 N–H and O–H groups in total. The van der Waals surface area contributed by atoms with E-state index < -0.39 is 0 Å². The van der Waals surface area contributed by atoms with Crippen LogP contribution in [0.3, 0.4) is 0 Å². The SMILES string of the molecule is CNC(CCCc1cc(F)ccc1F)C(C)(C)C. The Morgan fingerprint density at radius 1 is 1.22 bits per heavy atom. The van der Waals surface area contributed by atoms with Crippen LogP contribution in [0.4, 0.5) is 8.78 Å². The maximum Gasteiger partial charge on any atom is 0.126 e. The van der Waals surface area contributed by atoms with Crippen LogP contribution in [0.1, 0.15) is 39.2 Å². The number of halogens is 2. The normalized spacial score (nSPS) is 13.7. The largest absolute Gasteiger partial charge is 0.316 e. The summed E-state index contributed by atoms with van der Waals surface area (Å²) in [5.41, 5.74) is 0.647. The number of hydrogen-bond donors (Lipinski definition) is 1. The van der Waals surface area contributed by atoms with Gasteiger partial charge in [-0.3, -0.25) is 0 Å². The molecule has 1 aromatic carbocycles. The smallest absolute Gasteiger partial charge is 0.126 e. The van der Waals surface area contributed by atoms with Crippen molar-refractivity contribution in [3.05, 3.63) is 35.4 Å². The van der Waals surface area contributed by atoms with Gasteiger partial charge in [0.1, 0.15) is 11.6 Å². The molecule has 1 unspecified atom stereocenters. The minimum atomic E-state index is -0.368. The predicted octanol–water partition coefficient (Wildman–Crippen LogP) is 3.92. The van der Waals surface area contributed by atoms with Crippen LogP contribution in [0.5, 0.6) is 0 Å². The fourth-order valence-corrected chi connectivity index (χ4v) is 2.24. The summed E-state index contributed by atoms with van der Waals surface area (Å²) in [6.07, 6.45) is 2.39. The Morgan fingerprint density at radius 2 is 1.89 bits per heavy atom. The topological polar surface area (TPSA) is 12.0 Å². The lowest BCUT2D eigenvalue weighted by atomic mass is 9.83. The van der Waals surface area contributed by atoms with E-state index in [0.717, 1.165) is 18.9 Å². The number of aryl methyl sites for hydroxylation is 1. The molecule has 0 heterocycles. The summed E-state index contributed by atoms with van der Waals surface area (Å²) in [5, 5.41) is 3.29. The number of hydrogen-bond acceptors (Lipinski definition) is 1. The summed E-state index contributed by atoms with van der Waals surface area (Å²) in [4.78, 5) is 0. The molecule has 1 rings (SSSR count). The molecule has 0 fully saturated rings. The first-order valence-electron chi connectivity index (χ1n) is 6.46. The minimum Gasteiger partial charge on any atom is -0.316 e. The van der Waals surface area contributed by atoms with E-state index in [1.807, 2.05) is 7.05 Å². The van der Waals surface area contributed by atoms with Gasteiger partial charge in [-0.2, -0.15) is 0 Å². The molecule has 0 bridgehead atoms. The first-order valence-corrected chi connectivity index (χ1v) is 6.46. The van der Waals surface area contributed by atoms with Gasteiger partial charge in [0.15, 0.2) is 0 Å². The summed E-state index contributed by atoms with van der Waals surface area (Å²) in [6, 6.07) is 4.03. The molecule has 0 aliphatic rings. The Balaban J connectivity index is 2.53. The highest BCUT2D eigenvalue weighted by Gasteiger charge is 2.22. The van der Waals surface area contributed by atoms with Crippen LogP contribution in [0.15, 0.2) is 18.2 Å². The average molecular weight is 255 g/mol. The lowest BCUT2D eigenvalue weighted by molar-refractivity contribution is 0.263. The summed E-state index contributed by atoms with van der Waals surface area (Å²) in [6.45, 7) is 6.53. The van der Waals surface area contributed by atoms with Gasteiger partial charge in [-0.1, -0.05) is 20.8 Å². The molecule has 0 spiro atoms. The summed E-state index contributed by atoms with van der Waals surface area (Å²) < 4.78 is 26.4. The van der Waals surface area contributed by atoms with Crippen LogP contribution >= 0.6 is 0 Å². The first-order chi connectivity index (χ1) is 8.34. The molecule has 102 valence electrons. The summed E-state index contributed by atoms with van der Waals surface area (Å²) in [7, 11) is 1.94. The highest BCUT2D eigenvalue weighted by Crippen LogP contribution is 2.23. The number of rotatable bonds is 5. The van der Waals surface area contributed by atoms with Crippen molar-refractivity contribution in [3.63, 3.8) is 0 Å². The molecule has 0 saturated carbocycles. The molecule has 0 aromatic heterocycles. The van der Waals surface area contributed by atoms with Gasteiger partial charge in [-0.15, -0.1) is 0 Å². The van der Waals surface area contributed by atoms with Crippen molar-refractivity contribution >= 4 is 0 Å². The maximum atomic E-state index is 13.4. The average Bonchev–Trinajstić information content (AvgIpc) is 2.27. The molecule has 0 aliphatic carbocycles. The van der Waals surface area contributed by atoms with Crippen molar-refractivity contribution in [2.45, 2.75) is 46.1 Å². The second-order valence-electron chi connectivity index (χ2n) is 5.84. The highest BCUT2D eigenvalue weighted by atomic mass is 19.1. The molecule has 18 heavy (non-hydrogen) atoms. The van der Waals surface area contributed by atoms with Gasteiger partial charge in [-0.05, 0) is 55.5 Å². The van der Waals surface area contributed by atoms with E-state index >= 15 is 0 Å². The molecule has 0 aliphatic heterocycles. The highest BCUT2D eigenvalue weighted by molar-refractivity contribution is 5.18. The molecule has 1 aromatic rings. The van der Waals surface area contributed by atoms with Gasteiger partial charge < -0.3 is 5.32 Å². The second kappa shape index (κ2) is 6.28. The van der Waals surface area contributed by atoms with Crippen molar-refractivity contribution in [2.24, 2.45) is 5.41 Å². The molecule has 0 amide bonds. The Labute approximate surface area is 109 Å². The fourth-order valence-electron chi connectivity index (χ4n) is 2.24.